The number of thiocarbonyl (C=S) groups is 1. The van der Waals surface area contributed by atoms with Crippen LogP contribution in [0.5, 0.6) is 0 Å². The van der Waals surface area contributed by atoms with Crippen LogP contribution in [0.3, 0.4) is 0 Å². The largest absolute Gasteiger partial charge is 0.481 e. The van der Waals surface area contributed by atoms with Crippen molar-refractivity contribution in [1.82, 2.24) is 14.5 Å². The normalized spacial score (nSPS) is 24.2. The minimum atomic E-state index is -0.505. The van der Waals surface area contributed by atoms with Gasteiger partial charge in [0.2, 0.25) is 0 Å². The molecule has 3 atom stereocenters. The van der Waals surface area contributed by atoms with Crippen molar-refractivity contribution >= 4 is 39.0 Å². The van der Waals surface area contributed by atoms with Crippen LogP contribution in [0, 0.1) is 6.92 Å². The number of ether oxygens (including phenoxy) is 2. The highest BCUT2D eigenvalue weighted by Crippen LogP contribution is 2.33. The van der Waals surface area contributed by atoms with Gasteiger partial charge in [-0.2, -0.15) is 0 Å². The second-order valence-electron chi connectivity index (χ2n) is 5.46. The summed E-state index contributed by atoms with van der Waals surface area (Å²) in [4.78, 5) is 31.0. The number of hydrogen-bond donors (Lipinski definition) is 1. The van der Waals surface area contributed by atoms with Crippen LogP contribution in [0.2, 0.25) is 0 Å². The van der Waals surface area contributed by atoms with Crippen LogP contribution in [0.25, 0.3) is 10.3 Å². The van der Waals surface area contributed by atoms with Gasteiger partial charge in [-0.25, -0.2) is 4.98 Å². The van der Waals surface area contributed by atoms with Crippen molar-refractivity contribution in [3.63, 3.8) is 0 Å². The summed E-state index contributed by atoms with van der Waals surface area (Å²) < 4.78 is 13.4. The number of nitrogens with one attached hydrogen (secondary N) is 1. The summed E-state index contributed by atoms with van der Waals surface area (Å²) in [6.07, 6.45) is 0.379. The van der Waals surface area contributed by atoms with Crippen LogP contribution in [0.1, 0.15) is 38.7 Å². The molecule has 0 spiro atoms. The number of hydrogen-bond acceptors (Lipinski definition) is 7. The van der Waals surface area contributed by atoms with E-state index in [1.165, 1.54) is 4.57 Å². The lowest BCUT2D eigenvalue weighted by atomic mass is 10.1. The molecule has 1 saturated heterocycles. The maximum absolute atomic E-state index is 12.4. The summed E-state index contributed by atoms with van der Waals surface area (Å²) in [6, 6.07) is 0. The quantitative estimate of drug-likeness (QED) is 0.846. The first kappa shape index (κ1) is 16.3. The minimum absolute atomic E-state index is 0.150. The minimum Gasteiger partial charge on any atom is -0.481 e. The molecule has 0 bridgehead atoms. The van der Waals surface area contributed by atoms with E-state index in [0.29, 0.717) is 27.6 Å². The second kappa shape index (κ2) is 6.14. The van der Waals surface area contributed by atoms with E-state index in [1.54, 1.807) is 13.8 Å². The number of aryl methyl sites for hydroxylation is 1. The number of nitrogens with zero attached hydrogens (tertiary/aromatic N) is 2. The van der Waals surface area contributed by atoms with Crippen LogP contribution in [-0.2, 0) is 9.47 Å². The van der Waals surface area contributed by atoms with Gasteiger partial charge in [0.15, 0.2) is 10.7 Å². The summed E-state index contributed by atoms with van der Waals surface area (Å²) in [5.74, 6) is 0.460. The molecule has 3 rings (SSSR count). The zero-order chi connectivity index (χ0) is 16.7. The van der Waals surface area contributed by atoms with Crippen LogP contribution in [0.4, 0.5) is 0 Å². The number of aromatic nitrogens is 3. The van der Waals surface area contributed by atoms with Gasteiger partial charge in [-0.15, -0.1) is 0 Å². The van der Waals surface area contributed by atoms with Gasteiger partial charge in [0.25, 0.3) is 5.56 Å². The fourth-order valence-corrected chi connectivity index (χ4v) is 3.83. The fraction of sp³-hybridized carbons (Fsp3) is 0.571. The summed E-state index contributed by atoms with van der Waals surface area (Å²) in [5.41, 5.74) is 0.0572. The fourth-order valence-electron chi connectivity index (χ4n) is 2.85. The van der Waals surface area contributed by atoms with Crippen LogP contribution < -0.4 is 10.4 Å². The van der Waals surface area contributed by atoms with Gasteiger partial charge >= 0.3 is 4.87 Å². The van der Waals surface area contributed by atoms with Crippen LogP contribution in [0.15, 0.2) is 9.59 Å². The highest BCUT2D eigenvalue weighted by molar-refractivity contribution is 7.80. The monoisotopic (exact) mass is 355 g/mol. The number of rotatable bonds is 3. The van der Waals surface area contributed by atoms with Gasteiger partial charge in [-0.1, -0.05) is 18.3 Å². The summed E-state index contributed by atoms with van der Waals surface area (Å²) in [5, 5.41) is 0.450. The first-order valence-corrected chi connectivity index (χ1v) is 8.57. The molecule has 3 heterocycles. The molecular weight excluding hydrogens is 338 g/mol. The molecule has 1 aliphatic heterocycles. The van der Waals surface area contributed by atoms with Crippen molar-refractivity contribution in [2.45, 2.75) is 52.0 Å². The first-order valence-electron chi connectivity index (χ1n) is 7.35. The van der Waals surface area contributed by atoms with Crippen molar-refractivity contribution in [1.29, 1.82) is 0 Å². The average Bonchev–Trinajstić information content (AvgIpc) is 2.98. The lowest BCUT2D eigenvalue weighted by molar-refractivity contribution is -0.0163. The molecule has 7 nitrogen and oxygen atoms in total. The Morgan fingerprint density at radius 1 is 1.57 bits per heavy atom. The lowest BCUT2D eigenvalue weighted by Gasteiger charge is -2.17. The molecule has 2 aromatic rings. The predicted molar refractivity (Wildman–Crippen MR) is 91.2 cm³/mol. The smallest absolute Gasteiger partial charge is 0.311 e. The molecule has 0 aliphatic carbocycles. The maximum Gasteiger partial charge on any atom is 0.311 e. The van der Waals surface area contributed by atoms with Gasteiger partial charge in [-0.3, -0.25) is 14.2 Å². The third-order valence-corrected chi connectivity index (χ3v) is 4.82. The van der Waals surface area contributed by atoms with Gasteiger partial charge in [0.1, 0.15) is 22.9 Å². The molecule has 1 unspecified atom stereocenters. The van der Waals surface area contributed by atoms with E-state index in [4.69, 9.17) is 21.7 Å². The molecule has 0 radical (unpaired) electrons. The molecule has 0 amide bonds. The second-order valence-corrected chi connectivity index (χ2v) is 7.00. The first-order chi connectivity index (χ1) is 10.9. The molecule has 23 heavy (non-hydrogen) atoms. The van der Waals surface area contributed by atoms with Crippen LogP contribution in [-0.4, -0.2) is 31.8 Å². The predicted octanol–water partition coefficient (Wildman–Crippen LogP) is 1.88. The van der Waals surface area contributed by atoms with Gasteiger partial charge in [0.05, 0.1) is 6.10 Å². The van der Waals surface area contributed by atoms with E-state index in [9.17, 15) is 9.59 Å². The van der Waals surface area contributed by atoms with E-state index in [2.05, 4.69) is 9.97 Å². The van der Waals surface area contributed by atoms with Crippen molar-refractivity contribution in [3.8, 4) is 0 Å². The van der Waals surface area contributed by atoms with Gasteiger partial charge in [0, 0.05) is 13.3 Å². The van der Waals surface area contributed by atoms with Crippen LogP contribution >= 0.6 is 23.6 Å². The number of thiazole rings is 1. The Kier molecular flexibility index (Phi) is 4.35. The van der Waals surface area contributed by atoms with Gasteiger partial charge < -0.3 is 14.5 Å². The molecule has 124 valence electrons. The van der Waals surface area contributed by atoms with E-state index in [-0.39, 0.29) is 22.6 Å². The number of fused-ring (bicyclic) bond motifs is 1. The summed E-state index contributed by atoms with van der Waals surface area (Å²) >= 11 is 5.89. The van der Waals surface area contributed by atoms with Crippen molar-refractivity contribution < 1.29 is 9.47 Å². The molecule has 0 aromatic carbocycles. The Morgan fingerprint density at radius 2 is 2.30 bits per heavy atom. The molecule has 9 heteroatoms. The topological polar surface area (TPSA) is 86.2 Å². The lowest BCUT2D eigenvalue weighted by Crippen LogP contribution is -2.24. The average molecular weight is 355 g/mol. The zero-order valence-corrected chi connectivity index (χ0v) is 14.6. The third-order valence-electron chi connectivity index (χ3n) is 3.78. The Morgan fingerprint density at radius 3 is 2.96 bits per heavy atom. The highest BCUT2D eigenvalue weighted by atomic mass is 32.1. The molecule has 1 aliphatic rings. The summed E-state index contributed by atoms with van der Waals surface area (Å²) in [6.45, 7) is 5.38. The van der Waals surface area contributed by atoms with Crippen molar-refractivity contribution in [3.05, 3.63) is 25.8 Å². The number of H-pyrrole nitrogens is 1. The third kappa shape index (κ3) is 2.96. The Hall–Kier alpha value is -1.58. The maximum atomic E-state index is 12.4. The van der Waals surface area contributed by atoms with Crippen molar-refractivity contribution in [2.75, 3.05) is 0 Å². The molecule has 2 aromatic heterocycles. The molecule has 1 fully saturated rings. The molecule has 0 saturated carbocycles. The highest BCUT2D eigenvalue weighted by Gasteiger charge is 2.38. The van der Waals surface area contributed by atoms with E-state index in [1.807, 2.05) is 6.92 Å². The van der Waals surface area contributed by atoms with E-state index < -0.39 is 6.23 Å². The van der Waals surface area contributed by atoms with Crippen molar-refractivity contribution in [2.24, 2.45) is 0 Å². The SMILES string of the molecule is CC[C@H]1O[C@@H](n2c(=O)sc3c(=O)[nH]c(C)nc32)CC1OC(C)=S. The summed E-state index contributed by atoms with van der Waals surface area (Å²) in [7, 11) is 0. The zero-order valence-electron chi connectivity index (χ0n) is 13.0. The number of aromatic amines is 1. The standard InChI is InChI=1S/C14H17N3O4S2/c1-4-8-9(20-7(3)22)5-10(21-8)17-12-11(23-14(17)19)13(18)16-6(2)15-12/h8-10H,4-5H2,1-3H3,(H,15,16,18)/t8-,9?,10-/m1/s1. The molecule has 1 N–H and O–H groups in total. The van der Waals surface area contributed by atoms with E-state index >= 15 is 0 Å². The Bertz CT molecular complexity index is 869. The Balaban J connectivity index is 2.04. The Labute approximate surface area is 141 Å². The van der Waals surface area contributed by atoms with E-state index in [0.717, 1.165) is 17.8 Å². The molecular formula is C14H17N3O4S2. The van der Waals surface area contributed by atoms with Gasteiger partial charge in [-0.05, 0) is 25.6 Å².